The molecule has 0 aromatic heterocycles. The lowest BCUT2D eigenvalue weighted by Crippen LogP contribution is -2.72. The first-order valence-corrected chi connectivity index (χ1v) is 7.09. The van der Waals surface area contributed by atoms with E-state index in [4.69, 9.17) is 0 Å². The van der Waals surface area contributed by atoms with E-state index in [1.165, 1.54) is 0 Å². The van der Waals surface area contributed by atoms with Crippen LogP contribution in [0.1, 0.15) is 0 Å². The van der Waals surface area contributed by atoms with Gasteiger partial charge in [0.2, 0.25) is 0 Å². The summed E-state index contributed by atoms with van der Waals surface area (Å²) < 4.78 is 109. The fourth-order valence-corrected chi connectivity index (χ4v) is 4.93. The molecule has 1 fully saturated rings. The van der Waals surface area contributed by atoms with Crippen LogP contribution >= 0.6 is 0 Å². The Kier molecular flexibility index (Phi) is 2.48. The van der Waals surface area contributed by atoms with E-state index in [1.54, 1.807) is 0 Å². The van der Waals surface area contributed by atoms with Crippen LogP contribution in [0.3, 0.4) is 0 Å². The molecule has 1 heterocycles. The summed E-state index contributed by atoms with van der Waals surface area (Å²) in [6.07, 6.45) is -0.0479. The maximum absolute atomic E-state index is 12.8. The highest BCUT2D eigenvalue weighted by molar-refractivity contribution is 8.12. The third kappa shape index (κ3) is 1.26. The molecule has 0 aromatic carbocycles. The highest BCUT2D eigenvalue weighted by Crippen LogP contribution is 2.54. The third-order valence-electron chi connectivity index (χ3n) is 1.91. The molecule has 16 heavy (non-hydrogen) atoms. The van der Waals surface area contributed by atoms with Gasteiger partial charge < -0.3 is 0 Å². The van der Waals surface area contributed by atoms with Crippen LogP contribution in [0.5, 0.6) is 0 Å². The predicted octanol–water partition coefficient (Wildman–Crippen LogP) is 0.302. The first kappa shape index (κ1) is 13.7. The minimum atomic E-state index is -6.24. The Bertz CT molecular complexity index is 470. The average molecular weight is 293 g/mol. The number of hydrogen-bond donors (Lipinski definition) is 2. The Morgan fingerprint density at radius 3 is 1.81 bits per heavy atom. The number of rotatable bonds is 0. The van der Waals surface area contributed by atoms with Crippen molar-refractivity contribution in [3.05, 3.63) is 0 Å². The maximum atomic E-state index is 12.8. The Balaban J connectivity index is 3.63. The second-order valence-corrected chi connectivity index (χ2v) is 7.81. The number of thiol groups is 1. The van der Waals surface area contributed by atoms with Crippen LogP contribution in [-0.4, -0.2) is 35.3 Å². The Morgan fingerprint density at radius 2 is 1.44 bits per heavy atom. The summed E-state index contributed by atoms with van der Waals surface area (Å²) >= 11 is 0. The summed E-state index contributed by atoms with van der Waals surface area (Å²) in [4.78, 5) is 0. The van der Waals surface area contributed by atoms with Gasteiger partial charge in [0, 0.05) is 16.4 Å². The van der Waals surface area contributed by atoms with Crippen LogP contribution in [-0.2, 0) is 20.1 Å². The third-order valence-corrected chi connectivity index (χ3v) is 6.55. The minimum absolute atomic E-state index is 0.0479. The van der Waals surface area contributed by atoms with E-state index in [-0.39, 0.29) is 6.26 Å². The highest BCUT2D eigenvalue weighted by Gasteiger charge is 2.84. The van der Waals surface area contributed by atoms with Crippen LogP contribution in [0.4, 0.5) is 26.3 Å². The normalized spacial score (nSPS) is 35.2. The second-order valence-electron chi connectivity index (χ2n) is 3.15. The standard InChI is InChI=1S/C4H5F6NO3S2/c1-15(12)3(7,8)2(5,6)4(9,10)16(13,14)11-15/h15H,1H3,(H,11,12). The van der Waals surface area contributed by atoms with Crippen molar-refractivity contribution in [1.29, 1.82) is 0 Å². The summed E-state index contributed by atoms with van der Waals surface area (Å²) in [6.45, 7) is 0. The molecule has 1 aliphatic rings. The topological polar surface area (TPSA) is 63.2 Å². The number of halogens is 6. The van der Waals surface area contributed by atoms with Crippen molar-refractivity contribution in [2.75, 3.05) is 6.26 Å². The van der Waals surface area contributed by atoms with Crippen LogP contribution in [0, 0.1) is 0 Å². The van der Waals surface area contributed by atoms with Crippen LogP contribution in [0.25, 0.3) is 0 Å². The van der Waals surface area contributed by atoms with Crippen molar-refractivity contribution in [1.82, 2.24) is 4.13 Å². The molecule has 0 saturated carbocycles. The molecule has 0 unspecified atom stereocenters. The fourth-order valence-electron chi connectivity index (χ4n) is 0.956. The van der Waals surface area contributed by atoms with Crippen molar-refractivity contribution in [3.63, 3.8) is 0 Å². The predicted molar refractivity (Wildman–Crippen MR) is 42.4 cm³/mol. The maximum Gasteiger partial charge on any atom is 0.428 e. The Morgan fingerprint density at radius 1 is 1.06 bits per heavy atom. The molecule has 0 atom stereocenters. The zero-order chi connectivity index (χ0) is 13.2. The molecule has 1 N–H and O–H groups in total. The molecule has 0 amide bonds. The number of nitrogens with one attached hydrogen (secondary N) is 1. The van der Waals surface area contributed by atoms with Crippen molar-refractivity contribution >= 4 is 20.1 Å². The van der Waals surface area contributed by atoms with Gasteiger partial charge in [-0.1, -0.05) is 0 Å². The molecule has 4 nitrogen and oxygen atoms in total. The van der Waals surface area contributed by atoms with Crippen molar-refractivity contribution in [3.8, 4) is 0 Å². The van der Waals surface area contributed by atoms with Gasteiger partial charge in [-0.15, -0.1) is 4.13 Å². The van der Waals surface area contributed by atoms with Gasteiger partial charge in [-0.2, -0.15) is 26.3 Å². The van der Waals surface area contributed by atoms with E-state index in [1.807, 2.05) is 0 Å². The molecule has 0 radical (unpaired) electrons. The largest absolute Gasteiger partial charge is 0.428 e. The molecule has 0 aliphatic carbocycles. The van der Waals surface area contributed by atoms with E-state index < -0.39 is 36.6 Å². The van der Waals surface area contributed by atoms with Crippen molar-refractivity contribution < 1.29 is 39.0 Å². The summed E-state index contributed by atoms with van der Waals surface area (Å²) in [5, 5.41) is -11.7. The van der Waals surface area contributed by atoms with Crippen LogP contribution in [0.15, 0.2) is 0 Å². The zero-order valence-corrected chi connectivity index (χ0v) is 9.06. The lowest BCUT2D eigenvalue weighted by Gasteiger charge is -2.42. The van der Waals surface area contributed by atoms with Gasteiger partial charge in [0.15, 0.2) is 0 Å². The van der Waals surface area contributed by atoms with E-state index >= 15 is 0 Å². The first-order valence-electron chi connectivity index (χ1n) is 3.45. The van der Waals surface area contributed by atoms with Gasteiger partial charge in [-0.25, -0.2) is 8.42 Å². The van der Waals surface area contributed by atoms with Crippen molar-refractivity contribution in [2.24, 2.45) is 0 Å². The molecule has 0 spiro atoms. The monoisotopic (exact) mass is 293 g/mol. The molecular formula is C4H5F6NO3S2. The first-order chi connectivity index (χ1) is 6.71. The fraction of sp³-hybridized carbons (Fsp3) is 1.00. The minimum Gasteiger partial charge on any atom is -0.265 e. The number of sulfonamides is 1. The lowest BCUT2D eigenvalue weighted by molar-refractivity contribution is -0.246. The van der Waals surface area contributed by atoms with Gasteiger partial charge in [0.1, 0.15) is 0 Å². The van der Waals surface area contributed by atoms with Crippen molar-refractivity contribution in [2.45, 2.75) is 16.4 Å². The Labute approximate surface area is 86.6 Å². The van der Waals surface area contributed by atoms with E-state index in [0.717, 1.165) is 0 Å². The van der Waals surface area contributed by atoms with Gasteiger partial charge >= 0.3 is 16.4 Å². The molecule has 1 aliphatic heterocycles. The zero-order valence-electron chi connectivity index (χ0n) is 7.35. The summed E-state index contributed by atoms with van der Waals surface area (Å²) in [6, 6.07) is 0. The molecule has 98 valence electrons. The van der Waals surface area contributed by atoms with Gasteiger partial charge in [-0.3, -0.25) is 4.21 Å². The quantitative estimate of drug-likeness (QED) is 0.499. The summed E-state index contributed by atoms with van der Waals surface area (Å²) in [7, 11) is -11.6. The number of alkyl halides is 6. The van der Waals surface area contributed by atoms with Gasteiger partial charge in [-0.05, 0) is 0 Å². The second kappa shape index (κ2) is 2.90. The highest BCUT2D eigenvalue weighted by atomic mass is 32.3. The lowest BCUT2D eigenvalue weighted by atomic mass is 10.3. The van der Waals surface area contributed by atoms with E-state index in [2.05, 4.69) is 0 Å². The van der Waals surface area contributed by atoms with Gasteiger partial charge in [0.05, 0.1) is 0 Å². The number of hydrogen-bond acceptors (Lipinski definition) is 3. The van der Waals surface area contributed by atoms with Crippen LogP contribution < -0.4 is 4.13 Å². The summed E-state index contributed by atoms with van der Waals surface area (Å²) in [5.41, 5.74) is 0. The smallest absolute Gasteiger partial charge is 0.265 e. The summed E-state index contributed by atoms with van der Waals surface area (Å²) in [5.74, 6) is -6.24. The molecule has 1 saturated heterocycles. The average Bonchev–Trinajstić information content (AvgIpc) is 1.98. The molecule has 1 rings (SSSR count). The van der Waals surface area contributed by atoms with Gasteiger partial charge in [0.25, 0.3) is 10.0 Å². The molecule has 0 bridgehead atoms. The van der Waals surface area contributed by atoms with Crippen LogP contribution in [0.2, 0.25) is 0 Å². The van der Waals surface area contributed by atoms with E-state index in [9.17, 15) is 39.0 Å². The molecular weight excluding hydrogens is 288 g/mol. The van der Waals surface area contributed by atoms with E-state index in [0.29, 0.717) is 4.13 Å². The Hall–Kier alpha value is -0.360. The molecule has 12 heteroatoms. The SMILES string of the molecule is C[SH]1(=O)NS(=O)(=O)C(F)(F)C(F)(F)C1(F)F. The molecule has 0 aromatic rings.